The highest BCUT2D eigenvalue weighted by Crippen LogP contribution is 2.48. The first-order valence-corrected chi connectivity index (χ1v) is 12.0. The summed E-state index contributed by atoms with van der Waals surface area (Å²) in [7, 11) is -10.2. The van der Waals surface area contributed by atoms with Gasteiger partial charge in [-0.05, 0) is 29.8 Å². The lowest BCUT2D eigenvalue weighted by Gasteiger charge is -2.32. The summed E-state index contributed by atoms with van der Waals surface area (Å²) < 4.78 is 67.1. The SMILES string of the molecule is O=CCC(c1ccccc1)C(F)(S(=O)(=O)c1ccccc1)S(=O)(=O)c1ccccc1. The number of benzene rings is 3. The third-order valence-corrected chi connectivity index (χ3v) is 9.93. The van der Waals surface area contributed by atoms with Crippen LogP contribution in [0.15, 0.2) is 101 Å². The molecule has 3 aromatic rings. The highest BCUT2D eigenvalue weighted by Gasteiger charge is 2.62. The van der Waals surface area contributed by atoms with Gasteiger partial charge in [0.1, 0.15) is 6.29 Å². The van der Waals surface area contributed by atoms with Crippen molar-refractivity contribution >= 4 is 26.0 Å². The normalized spacial score (nSPS) is 13.5. The van der Waals surface area contributed by atoms with E-state index in [1.807, 2.05) is 0 Å². The molecule has 0 aliphatic carbocycles. The zero-order chi connectivity index (χ0) is 21.8. The van der Waals surface area contributed by atoms with E-state index >= 15 is 4.39 Å². The molecule has 3 rings (SSSR count). The molecule has 1 unspecified atom stereocenters. The first-order valence-electron chi connectivity index (χ1n) is 9.03. The van der Waals surface area contributed by atoms with Crippen LogP contribution < -0.4 is 0 Å². The lowest BCUT2D eigenvalue weighted by molar-refractivity contribution is -0.108. The number of carbonyl (C=O) groups excluding carboxylic acids is 1. The molecule has 8 heteroatoms. The lowest BCUT2D eigenvalue weighted by atomic mass is 9.97. The summed E-state index contributed by atoms with van der Waals surface area (Å²) in [5.74, 6) is -1.77. The standard InChI is InChI=1S/C22H19FO5S2/c23-22(29(25,26)19-12-6-2-7-13-19,30(27,28)20-14-8-3-9-15-20)21(16-17-24)18-10-4-1-5-11-18/h1-15,17,21H,16H2. The first-order chi connectivity index (χ1) is 14.3. The highest BCUT2D eigenvalue weighted by molar-refractivity contribution is 8.10. The van der Waals surface area contributed by atoms with Crippen LogP contribution in [-0.4, -0.2) is 27.5 Å². The Labute approximate surface area is 175 Å². The highest BCUT2D eigenvalue weighted by atomic mass is 32.3. The van der Waals surface area contributed by atoms with E-state index in [2.05, 4.69) is 0 Å². The van der Waals surface area contributed by atoms with Crippen LogP contribution >= 0.6 is 0 Å². The molecule has 5 nitrogen and oxygen atoms in total. The van der Waals surface area contributed by atoms with Gasteiger partial charge in [-0.15, -0.1) is 0 Å². The van der Waals surface area contributed by atoms with Gasteiger partial charge in [0.25, 0.3) is 0 Å². The largest absolute Gasteiger partial charge is 0.324 e. The summed E-state index contributed by atoms with van der Waals surface area (Å²) in [5.41, 5.74) is 0.0890. The molecule has 30 heavy (non-hydrogen) atoms. The van der Waals surface area contributed by atoms with Crippen molar-refractivity contribution in [2.45, 2.75) is 26.5 Å². The minimum Gasteiger partial charge on any atom is -0.303 e. The number of carbonyl (C=O) groups is 1. The van der Waals surface area contributed by atoms with Crippen LogP contribution in [0.3, 0.4) is 0 Å². The van der Waals surface area contributed by atoms with Crippen molar-refractivity contribution in [3.05, 3.63) is 96.6 Å². The van der Waals surface area contributed by atoms with Crippen molar-refractivity contribution in [1.29, 1.82) is 0 Å². The maximum Gasteiger partial charge on any atom is 0.324 e. The molecular weight excluding hydrogens is 427 g/mol. The molecule has 0 saturated carbocycles. The summed E-state index contributed by atoms with van der Waals surface area (Å²) in [6.45, 7) is 0. The van der Waals surface area contributed by atoms with E-state index in [1.165, 1.54) is 60.7 Å². The molecule has 0 N–H and O–H groups in total. The van der Waals surface area contributed by atoms with E-state index in [0.717, 1.165) is 24.3 Å². The molecule has 0 amide bonds. The number of rotatable bonds is 8. The van der Waals surface area contributed by atoms with Gasteiger partial charge >= 0.3 is 4.33 Å². The third kappa shape index (κ3) is 3.57. The molecule has 0 spiro atoms. The number of alkyl halides is 1. The van der Waals surface area contributed by atoms with Gasteiger partial charge in [-0.3, -0.25) is 0 Å². The molecule has 0 heterocycles. The summed E-state index contributed by atoms with van der Waals surface area (Å²) in [4.78, 5) is 10.4. The fourth-order valence-corrected chi connectivity index (χ4v) is 7.92. The van der Waals surface area contributed by atoms with Gasteiger partial charge < -0.3 is 4.79 Å². The van der Waals surface area contributed by atoms with Crippen LogP contribution in [-0.2, 0) is 24.5 Å². The van der Waals surface area contributed by atoms with E-state index in [0.29, 0.717) is 6.29 Å². The second-order valence-corrected chi connectivity index (χ2v) is 11.0. The van der Waals surface area contributed by atoms with Crippen LogP contribution in [0.25, 0.3) is 0 Å². The van der Waals surface area contributed by atoms with Crippen molar-refractivity contribution < 1.29 is 26.0 Å². The summed E-state index contributed by atoms with van der Waals surface area (Å²) in [6, 6.07) is 20.6. The van der Waals surface area contributed by atoms with Crippen molar-refractivity contribution in [2.24, 2.45) is 0 Å². The molecule has 0 fully saturated rings. The Morgan fingerprint density at radius 2 is 1.07 bits per heavy atom. The molecule has 0 aliphatic heterocycles. The van der Waals surface area contributed by atoms with Crippen molar-refractivity contribution in [2.75, 3.05) is 0 Å². The summed E-state index contributed by atoms with van der Waals surface area (Å²) >= 11 is 0. The third-order valence-electron chi connectivity index (χ3n) is 4.79. The van der Waals surface area contributed by atoms with E-state index in [1.54, 1.807) is 6.07 Å². The number of hydrogen-bond acceptors (Lipinski definition) is 5. The average molecular weight is 447 g/mol. The molecule has 3 aromatic carbocycles. The Morgan fingerprint density at radius 1 is 0.700 bits per heavy atom. The molecule has 156 valence electrons. The van der Waals surface area contributed by atoms with Gasteiger partial charge in [-0.1, -0.05) is 66.7 Å². The number of halogens is 1. The second-order valence-electron chi connectivity index (χ2n) is 6.58. The Kier molecular flexibility index (Phi) is 6.19. The maximum atomic E-state index is 16.9. The lowest BCUT2D eigenvalue weighted by Crippen LogP contribution is -2.47. The summed E-state index contributed by atoms with van der Waals surface area (Å²) in [6.07, 6.45) is -0.314. The molecule has 0 aliphatic rings. The van der Waals surface area contributed by atoms with Gasteiger partial charge in [0, 0.05) is 6.42 Å². The summed E-state index contributed by atoms with van der Waals surface area (Å²) in [5, 5.41) is 0. The Morgan fingerprint density at radius 3 is 1.43 bits per heavy atom. The van der Waals surface area contributed by atoms with Gasteiger partial charge in [0.05, 0.1) is 15.7 Å². The van der Waals surface area contributed by atoms with Crippen LogP contribution in [0, 0.1) is 0 Å². The average Bonchev–Trinajstić information content (AvgIpc) is 2.78. The molecule has 1 atom stereocenters. The Bertz CT molecular complexity index is 1140. The van der Waals surface area contributed by atoms with Crippen LogP contribution in [0.5, 0.6) is 0 Å². The van der Waals surface area contributed by atoms with E-state index in [4.69, 9.17) is 0 Å². The fraction of sp³-hybridized carbons (Fsp3) is 0.136. The second kappa shape index (κ2) is 8.49. The monoisotopic (exact) mass is 446 g/mol. The minimum atomic E-state index is -5.09. The smallest absolute Gasteiger partial charge is 0.303 e. The first kappa shape index (κ1) is 21.9. The van der Waals surface area contributed by atoms with Crippen molar-refractivity contribution in [1.82, 2.24) is 0 Å². The maximum absolute atomic E-state index is 16.9. The zero-order valence-electron chi connectivity index (χ0n) is 15.8. The van der Waals surface area contributed by atoms with E-state index in [9.17, 15) is 21.6 Å². The molecule has 0 aromatic heterocycles. The van der Waals surface area contributed by atoms with Crippen LogP contribution in [0.1, 0.15) is 17.9 Å². The van der Waals surface area contributed by atoms with Crippen LogP contribution in [0.4, 0.5) is 4.39 Å². The van der Waals surface area contributed by atoms with Crippen molar-refractivity contribution in [3.8, 4) is 0 Å². The minimum absolute atomic E-state index is 0.0890. The molecule has 0 radical (unpaired) electrons. The number of aldehydes is 1. The predicted octanol–water partition coefficient (Wildman–Crippen LogP) is 3.93. The van der Waals surface area contributed by atoms with Gasteiger partial charge in [-0.25, -0.2) is 21.2 Å². The number of hydrogen-bond donors (Lipinski definition) is 0. The van der Waals surface area contributed by atoms with Gasteiger partial charge in [0.15, 0.2) is 0 Å². The topological polar surface area (TPSA) is 85.3 Å². The molecule has 0 saturated heterocycles. The van der Waals surface area contributed by atoms with E-state index in [-0.39, 0.29) is 5.56 Å². The van der Waals surface area contributed by atoms with E-state index < -0.39 is 46.1 Å². The van der Waals surface area contributed by atoms with Crippen molar-refractivity contribution in [3.63, 3.8) is 0 Å². The molecule has 0 bridgehead atoms. The zero-order valence-corrected chi connectivity index (χ0v) is 17.4. The van der Waals surface area contributed by atoms with Gasteiger partial charge in [-0.2, -0.15) is 0 Å². The van der Waals surface area contributed by atoms with Gasteiger partial charge in [0.2, 0.25) is 19.7 Å². The predicted molar refractivity (Wildman–Crippen MR) is 111 cm³/mol. The fourth-order valence-electron chi connectivity index (χ4n) is 3.30. The molecular formula is C22H19FO5S2. The number of sulfone groups is 2. The Hall–Kier alpha value is -2.84. The quantitative estimate of drug-likeness (QED) is 0.490. The van der Waals surface area contributed by atoms with Crippen LogP contribution in [0.2, 0.25) is 0 Å². The Balaban J connectivity index is 2.38.